The molecule has 210 valence electrons. The first-order valence-electron chi connectivity index (χ1n) is 14.3. The van der Waals surface area contributed by atoms with E-state index in [2.05, 4.69) is 53.0 Å². The minimum Gasteiger partial charge on any atom is -0.496 e. The summed E-state index contributed by atoms with van der Waals surface area (Å²) in [6.07, 6.45) is 3.99. The minimum atomic E-state index is -1.38. The van der Waals surface area contributed by atoms with Crippen LogP contribution in [0.3, 0.4) is 0 Å². The second kappa shape index (κ2) is 12.5. The van der Waals surface area contributed by atoms with E-state index >= 15 is 4.39 Å². The van der Waals surface area contributed by atoms with Crippen molar-refractivity contribution in [1.29, 1.82) is 0 Å². The smallest absolute Gasteiger partial charge is 0.170 e. The zero-order valence-electron chi connectivity index (χ0n) is 23.5. The van der Waals surface area contributed by atoms with E-state index in [0.717, 1.165) is 73.7 Å². The average Bonchev–Trinajstić information content (AvgIpc) is 3.74. The molecule has 1 aliphatic heterocycles. The number of fused-ring (bicyclic) bond motifs is 1. The molecule has 1 saturated carbocycles. The van der Waals surface area contributed by atoms with Gasteiger partial charge in [0.2, 0.25) is 0 Å². The van der Waals surface area contributed by atoms with Crippen LogP contribution in [-0.4, -0.2) is 70.2 Å². The van der Waals surface area contributed by atoms with Gasteiger partial charge in [0.05, 0.1) is 32.4 Å². The van der Waals surface area contributed by atoms with Gasteiger partial charge in [-0.15, -0.1) is 0 Å². The van der Waals surface area contributed by atoms with Crippen molar-refractivity contribution in [2.75, 3.05) is 70.0 Å². The highest BCUT2D eigenvalue weighted by Gasteiger charge is 2.48. The van der Waals surface area contributed by atoms with Crippen molar-refractivity contribution < 1.29 is 18.6 Å². The Labute approximate surface area is 231 Å². The standard InChI is InChI=1S/C31H41FN4O3/c1-4-18-38-20-21-39-19-17-35(2)24-9-10-27-26(22-24)29(34-30(33-27)31(32)13-14-31)36-15-11-23(12-16-36)25-7-5-6-8-28(25)37-3/h5-10,22-23H,4,11-21H2,1-3H3. The first-order chi connectivity index (χ1) is 19.0. The fraction of sp³-hybridized carbons (Fsp3) is 0.548. The second-order valence-electron chi connectivity index (χ2n) is 10.7. The van der Waals surface area contributed by atoms with Gasteiger partial charge in [-0.2, -0.15) is 0 Å². The monoisotopic (exact) mass is 536 g/mol. The van der Waals surface area contributed by atoms with E-state index in [1.807, 2.05) is 18.2 Å². The lowest BCUT2D eigenvalue weighted by Crippen LogP contribution is -2.34. The quantitative estimate of drug-likeness (QED) is 0.254. The Balaban J connectivity index is 1.32. The third kappa shape index (κ3) is 6.44. The van der Waals surface area contributed by atoms with Gasteiger partial charge in [0, 0.05) is 44.4 Å². The van der Waals surface area contributed by atoms with Crippen molar-refractivity contribution in [2.45, 2.75) is 50.6 Å². The lowest BCUT2D eigenvalue weighted by molar-refractivity contribution is 0.0508. The molecule has 0 unspecified atom stereocenters. The zero-order valence-corrected chi connectivity index (χ0v) is 23.5. The molecule has 1 saturated heterocycles. The molecular formula is C31H41FN4O3. The number of anilines is 2. The summed E-state index contributed by atoms with van der Waals surface area (Å²) in [4.78, 5) is 14.0. The van der Waals surface area contributed by atoms with Gasteiger partial charge < -0.3 is 24.0 Å². The molecule has 5 rings (SSSR count). The predicted molar refractivity (Wildman–Crippen MR) is 154 cm³/mol. The van der Waals surface area contributed by atoms with E-state index in [1.165, 1.54) is 5.56 Å². The molecule has 1 aliphatic carbocycles. The van der Waals surface area contributed by atoms with Crippen molar-refractivity contribution >= 4 is 22.4 Å². The number of halogens is 1. The van der Waals surface area contributed by atoms with Gasteiger partial charge in [-0.25, -0.2) is 14.4 Å². The van der Waals surface area contributed by atoms with Gasteiger partial charge in [-0.1, -0.05) is 25.1 Å². The van der Waals surface area contributed by atoms with Crippen LogP contribution in [0.25, 0.3) is 10.9 Å². The van der Waals surface area contributed by atoms with Gasteiger partial charge in [0.25, 0.3) is 0 Å². The molecule has 2 fully saturated rings. The maximum absolute atomic E-state index is 15.2. The molecule has 3 aromatic rings. The zero-order chi connectivity index (χ0) is 27.2. The molecule has 1 aromatic heterocycles. The van der Waals surface area contributed by atoms with Gasteiger partial charge in [0.15, 0.2) is 11.5 Å². The number of rotatable bonds is 13. The number of hydrogen-bond acceptors (Lipinski definition) is 7. The Bertz CT molecular complexity index is 1240. The Morgan fingerprint density at radius 3 is 2.46 bits per heavy atom. The number of piperidine rings is 1. The Morgan fingerprint density at radius 2 is 1.74 bits per heavy atom. The molecule has 7 nitrogen and oxygen atoms in total. The summed E-state index contributed by atoms with van der Waals surface area (Å²) in [7, 11) is 3.79. The predicted octanol–water partition coefficient (Wildman–Crippen LogP) is 5.86. The van der Waals surface area contributed by atoms with Gasteiger partial charge in [-0.05, 0) is 67.9 Å². The lowest BCUT2D eigenvalue weighted by atomic mass is 9.88. The molecule has 0 bridgehead atoms. The average molecular weight is 537 g/mol. The number of methoxy groups -OCH3 is 1. The highest BCUT2D eigenvalue weighted by Crippen LogP contribution is 2.49. The van der Waals surface area contributed by atoms with Crippen molar-refractivity contribution in [2.24, 2.45) is 0 Å². The van der Waals surface area contributed by atoms with Gasteiger partial charge >= 0.3 is 0 Å². The van der Waals surface area contributed by atoms with E-state index in [1.54, 1.807) is 7.11 Å². The fourth-order valence-electron chi connectivity index (χ4n) is 5.32. The molecule has 2 aliphatic rings. The number of aromatic nitrogens is 2. The number of likely N-dealkylation sites (N-methyl/N-ethyl adjacent to an activating group) is 1. The number of para-hydroxylation sites is 1. The molecule has 0 atom stereocenters. The van der Waals surface area contributed by atoms with E-state index < -0.39 is 5.67 Å². The van der Waals surface area contributed by atoms with Crippen LogP contribution in [0.2, 0.25) is 0 Å². The molecule has 39 heavy (non-hydrogen) atoms. The summed E-state index contributed by atoms with van der Waals surface area (Å²) in [5.74, 6) is 2.55. The summed E-state index contributed by atoms with van der Waals surface area (Å²) in [5.41, 5.74) is 1.74. The molecule has 0 radical (unpaired) electrons. The summed E-state index contributed by atoms with van der Waals surface area (Å²) in [5, 5.41) is 0.969. The van der Waals surface area contributed by atoms with Crippen molar-refractivity contribution in [3.8, 4) is 5.75 Å². The fourth-order valence-corrected chi connectivity index (χ4v) is 5.32. The normalized spacial score (nSPS) is 17.0. The van der Waals surface area contributed by atoms with Crippen LogP contribution >= 0.6 is 0 Å². The topological polar surface area (TPSA) is 60.0 Å². The maximum Gasteiger partial charge on any atom is 0.170 e. The molecule has 8 heteroatoms. The first-order valence-corrected chi connectivity index (χ1v) is 14.3. The SMILES string of the molecule is CCCOCCOCCN(C)c1ccc2nc(C3(F)CC3)nc(N3CCC(c4ccccc4OC)CC3)c2c1. The number of hydrogen-bond donors (Lipinski definition) is 0. The number of nitrogens with zero attached hydrogens (tertiary/aromatic N) is 4. The van der Waals surface area contributed by atoms with Gasteiger partial charge in [0.1, 0.15) is 11.6 Å². The van der Waals surface area contributed by atoms with Crippen molar-refractivity contribution in [3.63, 3.8) is 0 Å². The Hall–Kier alpha value is -2.97. The van der Waals surface area contributed by atoms with E-state index in [-0.39, 0.29) is 0 Å². The maximum atomic E-state index is 15.2. The number of ether oxygens (including phenoxy) is 3. The molecule has 0 amide bonds. The highest BCUT2D eigenvalue weighted by molar-refractivity contribution is 5.92. The van der Waals surface area contributed by atoms with Crippen molar-refractivity contribution in [1.82, 2.24) is 9.97 Å². The summed E-state index contributed by atoms with van der Waals surface area (Å²) >= 11 is 0. The third-order valence-electron chi connectivity index (χ3n) is 7.85. The first kappa shape index (κ1) is 27.6. The molecular weight excluding hydrogens is 495 g/mol. The molecule has 2 aromatic carbocycles. The van der Waals surface area contributed by atoms with Crippen LogP contribution in [0, 0.1) is 0 Å². The van der Waals surface area contributed by atoms with Crippen molar-refractivity contribution in [3.05, 3.63) is 53.9 Å². The molecule has 2 heterocycles. The van der Waals surface area contributed by atoms with E-state index in [4.69, 9.17) is 19.2 Å². The van der Waals surface area contributed by atoms with Crippen LogP contribution in [0.5, 0.6) is 5.75 Å². The number of benzene rings is 2. The van der Waals surface area contributed by atoms with E-state index in [0.29, 0.717) is 44.4 Å². The number of alkyl halides is 1. The summed E-state index contributed by atoms with van der Waals surface area (Å²) in [6, 6.07) is 14.5. The van der Waals surface area contributed by atoms with Crippen LogP contribution in [0.4, 0.5) is 15.9 Å². The second-order valence-corrected chi connectivity index (χ2v) is 10.7. The Morgan fingerprint density at radius 1 is 1.00 bits per heavy atom. The Kier molecular flexibility index (Phi) is 8.82. The molecule has 0 N–H and O–H groups in total. The lowest BCUT2D eigenvalue weighted by Gasteiger charge is -2.34. The summed E-state index contributed by atoms with van der Waals surface area (Å²) < 4.78 is 32.0. The summed E-state index contributed by atoms with van der Waals surface area (Å²) in [6.45, 7) is 7.17. The minimum absolute atomic E-state index is 0.330. The largest absolute Gasteiger partial charge is 0.496 e. The third-order valence-corrected chi connectivity index (χ3v) is 7.85. The van der Waals surface area contributed by atoms with Crippen LogP contribution in [0.15, 0.2) is 42.5 Å². The van der Waals surface area contributed by atoms with Crippen LogP contribution in [-0.2, 0) is 15.1 Å². The van der Waals surface area contributed by atoms with Crippen LogP contribution in [0.1, 0.15) is 56.3 Å². The van der Waals surface area contributed by atoms with Crippen LogP contribution < -0.4 is 14.5 Å². The highest BCUT2D eigenvalue weighted by atomic mass is 19.1. The van der Waals surface area contributed by atoms with Gasteiger partial charge in [-0.3, -0.25) is 0 Å². The van der Waals surface area contributed by atoms with E-state index in [9.17, 15) is 0 Å². The molecule has 0 spiro atoms.